The fourth-order valence-electron chi connectivity index (χ4n) is 2.57. The zero-order chi connectivity index (χ0) is 14.7. The third-order valence-corrected chi connectivity index (χ3v) is 3.72. The van der Waals surface area contributed by atoms with Gasteiger partial charge < -0.3 is 15.2 Å². The molecule has 0 bridgehead atoms. The van der Waals surface area contributed by atoms with E-state index in [0.717, 1.165) is 43.9 Å². The number of aromatic nitrogens is 4. The second-order valence-corrected chi connectivity index (χ2v) is 5.22. The van der Waals surface area contributed by atoms with Gasteiger partial charge in [-0.3, -0.25) is 0 Å². The van der Waals surface area contributed by atoms with Gasteiger partial charge in [0.05, 0.1) is 20.3 Å². The number of benzene rings is 1. The maximum Gasteiger partial charge on any atom is 0.184 e. The number of nitrogens with zero attached hydrogens (tertiary/aromatic N) is 4. The van der Waals surface area contributed by atoms with Crippen LogP contribution in [0.2, 0.25) is 0 Å². The lowest BCUT2D eigenvalue weighted by molar-refractivity contribution is 0.0470. The molecule has 3 rings (SSSR count). The first-order valence-corrected chi connectivity index (χ1v) is 7.05. The van der Waals surface area contributed by atoms with E-state index >= 15 is 0 Å². The monoisotopic (exact) mass is 289 g/mol. The smallest absolute Gasteiger partial charge is 0.184 e. The molecule has 7 nitrogen and oxygen atoms in total. The van der Waals surface area contributed by atoms with Crippen LogP contribution in [0.3, 0.4) is 0 Å². The normalized spacial score (nSPS) is 18.6. The third kappa shape index (κ3) is 2.97. The van der Waals surface area contributed by atoms with Gasteiger partial charge in [-0.2, -0.15) is 0 Å². The molecule has 1 aliphatic rings. The number of nitrogens with two attached hydrogens (primary N) is 1. The first-order valence-electron chi connectivity index (χ1n) is 7.05. The van der Waals surface area contributed by atoms with Crippen LogP contribution in [0.1, 0.15) is 12.8 Å². The summed E-state index contributed by atoms with van der Waals surface area (Å²) in [5.74, 6) is 1.83. The summed E-state index contributed by atoms with van der Waals surface area (Å²) in [4.78, 5) is 0. The molecule has 1 fully saturated rings. The van der Waals surface area contributed by atoms with Gasteiger partial charge in [-0.05, 0) is 41.5 Å². The van der Waals surface area contributed by atoms with E-state index in [1.165, 1.54) is 0 Å². The van der Waals surface area contributed by atoms with Crippen molar-refractivity contribution in [3.63, 3.8) is 0 Å². The van der Waals surface area contributed by atoms with Crippen molar-refractivity contribution >= 4 is 5.69 Å². The Balaban J connectivity index is 1.87. The van der Waals surface area contributed by atoms with Crippen molar-refractivity contribution in [3.05, 3.63) is 18.2 Å². The Morgan fingerprint density at radius 1 is 1.48 bits per heavy atom. The predicted molar refractivity (Wildman–Crippen MR) is 77.8 cm³/mol. The lowest BCUT2D eigenvalue weighted by Crippen LogP contribution is -2.23. The highest BCUT2D eigenvalue weighted by Crippen LogP contribution is 2.28. The van der Waals surface area contributed by atoms with E-state index in [1.807, 2.05) is 12.1 Å². The molecular weight excluding hydrogens is 270 g/mol. The van der Waals surface area contributed by atoms with Crippen molar-refractivity contribution in [3.8, 4) is 17.1 Å². The zero-order valence-corrected chi connectivity index (χ0v) is 12.0. The molecule has 0 radical (unpaired) electrons. The predicted octanol–water partition coefficient (Wildman–Crippen LogP) is 1.36. The van der Waals surface area contributed by atoms with E-state index < -0.39 is 0 Å². The second-order valence-electron chi connectivity index (χ2n) is 5.22. The first-order chi connectivity index (χ1) is 10.3. The Labute approximate surface area is 123 Å². The van der Waals surface area contributed by atoms with Gasteiger partial charge in [0, 0.05) is 23.8 Å². The minimum absolute atomic E-state index is 0.438. The van der Waals surface area contributed by atoms with Gasteiger partial charge in [0.25, 0.3) is 0 Å². The molecule has 0 saturated carbocycles. The highest BCUT2D eigenvalue weighted by molar-refractivity contribution is 5.73. The Kier molecular flexibility index (Phi) is 4.01. The molecule has 1 unspecified atom stereocenters. The Hall–Kier alpha value is -2.15. The third-order valence-electron chi connectivity index (χ3n) is 3.72. The molecule has 7 heteroatoms. The molecule has 112 valence electrons. The number of ether oxygens (including phenoxy) is 2. The summed E-state index contributed by atoms with van der Waals surface area (Å²) in [6.07, 6.45) is 2.22. The van der Waals surface area contributed by atoms with Crippen molar-refractivity contribution in [1.29, 1.82) is 0 Å². The fraction of sp³-hybridized carbons (Fsp3) is 0.500. The van der Waals surface area contributed by atoms with Gasteiger partial charge in [-0.1, -0.05) is 0 Å². The number of nitrogen functional groups attached to an aromatic ring is 1. The lowest BCUT2D eigenvalue weighted by Gasteiger charge is -2.22. The summed E-state index contributed by atoms with van der Waals surface area (Å²) in [6.45, 7) is 2.34. The van der Waals surface area contributed by atoms with Gasteiger partial charge in [-0.25, -0.2) is 4.68 Å². The maximum atomic E-state index is 6.05. The second kappa shape index (κ2) is 6.09. The molecular formula is C14H19N5O2. The van der Waals surface area contributed by atoms with Crippen LogP contribution in [-0.4, -0.2) is 40.5 Å². The van der Waals surface area contributed by atoms with Gasteiger partial charge in [0.2, 0.25) is 0 Å². The molecule has 2 aromatic rings. The minimum atomic E-state index is 0.438. The van der Waals surface area contributed by atoms with Crippen molar-refractivity contribution < 1.29 is 9.47 Å². The quantitative estimate of drug-likeness (QED) is 0.855. The Morgan fingerprint density at radius 2 is 2.38 bits per heavy atom. The number of tetrazole rings is 1. The van der Waals surface area contributed by atoms with Crippen LogP contribution in [0.4, 0.5) is 5.69 Å². The number of anilines is 1. The number of hydrogen-bond acceptors (Lipinski definition) is 6. The Bertz CT molecular complexity index is 607. The van der Waals surface area contributed by atoms with E-state index in [0.29, 0.717) is 17.4 Å². The molecule has 21 heavy (non-hydrogen) atoms. The average molecular weight is 289 g/mol. The van der Waals surface area contributed by atoms with Crippen LogP contribution in [0.25, 0.3) is 11.4 Å². The topological polar surface area (TPSA) is 88.1 Å². The lowest BCUT2D eigenvalue weighted by atomic mass is 10.0. The molecule has 1 aliphatic heterocycles. The minimum Gasteiger partial charge on any atom is -0.497 e. The van der Waals surface area contributed by atoms with Crippen LogP contribution in [0.5, 0.6) is 5.75 Å². The van der Waals surface area contributed by atoms with Crippen LogP contribution < -0.4 is 10.5 Å². The SMILES string of the molecule is COc1ccc(N)c(-c2nnnn2CC2CCCOC2)c1. The number of methoxy groups -OCH3 is 1. The molecule has 0 amide bonds. The summed E-state index contributed by atoms with van der Waals surface area (Å²) in [5, 5.41) is 12.0. The van der Waals surface area contributed by atoms with Gasteiger partial charge in [-0.15, -0.1) is 5.10 Å². The summed E-state index contributed by atoms with van der Waals surface area (Å²) < 4.78 is 12.6. The highest BCUT2D eigenvalue weighted by Gasteiger charge is 2.19. The summed E-state index contributed by atoms with van der Waals surface area (Å²) >= 11 is 0. The van der Waals surface area contributed by atoms with Crippen molar-refractivity contribution in [2.24, 2.45) is 5.92 Å². The number of hydrogen-bond donors (Lipinski definition) is 1. The summed E-state index contributed by atoms with van der Waals surface area (Å²) in [6, 6.07) is 5.48. The van der Waals surface area contributed by atoms with Crippen molar-refractivity contribution in [2.45, 2.75) is 19.4 Å². The summed E-state index contributed by atoms with van der Waals surface area (Å²) in [7, 11) is 1.62. The molecule has 1 aromatic heterocycles. The molecule has 1 atom stereocenters. The van der Waals surface area contributed by atoms with Gasteiger partial charge >= 0.3 is 0 Å². The molecule has 2 N–H and O–H groups in total. The van der Waals surface area contributed by atoms with E-state index in [4.69, 9.17) is 15.2 Å². The van der Waals surface area contributed by atoms with Gasteiger partial charge in [0.15, 0.2) is 5.82 Å². The summed E-state index contributed by atoms with van der Waals surface area (Å²) in [5.41, 5.74) is 7.47. The van der Waals surface area contributed by atoms with Crippen molar-refractivity contribution in [1.82, 2.24) is 20.2 Å². The number of rotatable bonds is 4. The standard InChI is InChI=1S/C14H19N5O2/c1-20-11-4-5-13(15)12(7-11)14-16-17-18-19(14)8-10-3-2-6-21-9-10/h4-5,7,10H,2-3,6,8-9,15H2,1H3. The largest absolute Gasteiger partial charge is 0.497 e. The molecule has 0 aliphatic carbocycles. The van der Waals surface area contributed by atoms with Gasteiger partial charge in [0.1, 0.15) is 5.75 Å². The van der Waals surface area contributed by atoms with Crippen LogP contribution in [0.15, 0.2) is 18.2 Å². The van der Waals surface area contributed by atoms with E-state index in [-0.39, 0.29) is 0 Å². The zero-order valence-electron chi connectivity index (χ0n) is 12.0. The molecule has 0 spiro atoms. The molecule has 2 heterocycles. The molecule has 1 aromatic carbocycles. The average Bonchev–Trinajstić information content (AvgIpc) is 2.97. The highest BCUT2D eigenvalue weighted by atomic mass is 16.5. The van der Waals surface area contributed by atoms with Crippen LogP contribution in [0, 0.1) is 5.92 Å². The van der Waals surface area contributed by atoms with E-state index in [9.17, 15) is 0 Å². The fourth-order valence-corrected chi connectivity index (χ4v) is 2.57. The Morgan fingerprint density at radius 3 is 3.14 bits per heavy atom. The van der Waals surface area contributed by atoms with E-state index in [2.05, 4.69) is 15.5 Å². The van der Waals surface area contributed by atoms with Crippen LogP contribution >= 0.6 is 0 Å². The van der Waals surface area contributed by atoms with E-state index in [1.54, 1.807) is 17.9 Å². The molecule has 1 saturated heterocycles. The van der Waals surface area contributed by atoms with Crippen molar-refractivity contribution in [2.75, 3.05) is 26.1 Å². The van der Waals surface area contributed by atoms with Crippen LogP contribution in [-0.2, 0) is 11.3 Å². The maximum absolute atomic E-state index is 6.05. The first kappa shape index (κ1) is 13.8.